The van der Waals surface area contributed by atoms with Crippen LogP contribution in [-0.4, -0.2) is 54.3 Å². The van der Waals surface area contributed by atoms with Gasteiger partial charge in [-0.15, -0.1) is 24.0 Å². The second kappa shape index (κ2) is 11.4. The zero-order chi connectivity index (χ0) is 19.0. The Labute approximate surface area is 183 Å². The molecule has 1 unspecified atom stereocenters. The largest absolute Gasteiger partial charge is 0.396 e. The van der Waals surface area contributed by atoms with Gasteiger partial charge in [0.05, 0.1) is 19.3 Å². The van der Waals surface area contributed by atoms with Gasteiger partial charge in [-0.2, -0.15) is 5.10 Å². The lowest BCUT2D eigenvalue weighted by Gasteiger charge is -2.27. The van der Waals surface area contributed by atoms with Crippen molar-refractivity contribution < 1.29 is 9.84 Å². The maximum atomic E-state index is 9.34. The quantitative estimate of drug-likeness (QED) is 0.294. The molecule has 1 aromatic heterocycles. The maximum Gasteiger partial charge on any atom is 0.191 e. The number of benzene rings is 1. The van der Waals surface area contributed by atoms with Gasteiger partial charge in [-0.1, -0.05) is 30.3 Å². The minimum absolute atomic E-state index is 0. The number of aliphatic imine (C=N–C) groups is 1. The first-order valence-corrected chi connectivity index (χ1v) is 9.41. The van der Waals surface area contributed by atoms with Crippen LogP contribution in [0.4, 0.5) is 0 Å². The van der Waals surface area contributed by atoms with Gasteiger partial charge in [0, 0.05) is 50.5 Å². The van der Waals surface area contributed by atoms with E-state index in [1.165, 1.54) is 5.56 Å². The van der Waals surface area contributed by atoms with E-state index in [0.29, 0.717) is 13.2 Å². The number of aliphatic hydroxyl groups excluding tert-OH is 1. The van der Waals surface area contributed by atoms with E-state index in [4.69, 9.17) is 4.74 Å². The average Bonchev–Trinajstić information content (AvgIpc) is 3.33. The molecule has 2 aromatic rings. The Morgan fingerprint density at radius 2 is 2.11 bits per heavy atom. The molecule has 1 aliphatic heterocycles. The van der Waals surface area contributed by atoms with E-state index in [-0.39, 0.29) is 36.0 Å². The Morgan fingerprint density at radius 1 is 1.29 bits per heavy atom. The van der Waals surface area contributed by atoms with Crippen LogP contribution < -0.4 is 10.6 Å². The van der Waals surface area contributed by atoms with E-state index >= 15 is 0 Å². The molecular formula is C20H30IN5O2. The lowest BCUT2D eigenvalue weighted by molar-refractivity contribution is 0.127. The predicted molar refractivity (Wildman–Crippen MR) is 121 cm³/mol. The van der Waals surface area contributed by atoms with Gasteiger partial charge in [0.2, 0.25) is 0 Å². The predicted octanol–water partition coefficient (Wildman–Crippen LogP) is 2.00. The van der Waals surface area contributed by atoms with E-state index < -0.39 is 0 Å². The summed E-state index contributed by atoms with van der Waals surface area (Å²) in [5.74, 6) is 0.745. The topological polar surface area (TPSA) is 83.7 Å². The van der Waals surface area contributed by atoms with Crippen molar-refractivity contribution in [3.05, 3.63) is 53.9 Å². The van der Waals surface area contributed by atoms with E-state index in [1.807, 2.05) is 35.3 Å². The fraction of sp³-hybridized carbons (Fsp3) is 0.500. The molecule has 0 saturated carbocycles. The first-order valence-electron chi connectivity index (χ1n) is 9.41. The van der Waals surface area contributed by atoms with Crippen molar-refractivity contribution in [2.75, 3.05) is 33.4 Å². The number of nitrogens with zero attached hydrogens (tertiary/aromatic N) is 3. The highest BCUT2D eigenvalue weighted by Gasteiger charge is 2.34. The van der Waals surface area contributed by atoms with Gasteiger partial charge < -0.3 is 20.5 Å². The molecule has 3 N–H and O–H groups in total. The molecule has 8 heteroatoms. The van der Waals surface area contributed by atoms with Crippen LogP contribution in [0.5, 0.6) is 0 Å². The number of rotatable bonds is 8. The minimum atomic E-state index is -0.00701. The summed E-state index contributed by atoms with van der Waals surface area (Å²) in [6, 6.07) is 10.3. The van der Waals surface area contributed by atoms with Crippen molar-refractivity contribution in [1.82, 2.24) is 20.4 Å². The number of aromatic nitrogens is 2. The Bertz CT molecular complexity index is 729. The van der Waals surface area contributed by atoms with Crippen molar-refractivity contribution in [3.63, 3.8) is 0 Å². The summed E-state index contributed by atoms with van der Waals surface area (Å²) >= 11 is 0. The second-order valence-electron chi connectivity index (χ2n) is 7.09. The molecule has 2 heterocycles. The molecule has 1 aliphatic rings. The number of hydrogen-bond acceptors (Lipinski definition) is 4. The Hall–Kier alpha value is -1.65. The average molecular weight is 499 g/mol. The van der Waals surface area contributed by atoms with Gasteiger partial charge in [-0.25, -0.2) is 0 Å². The number of aliphatic hydroxyl groups is 1. The Balaban J connectivity index is 0.00000280. The third kappa shape index (κ3) is 6.46. The fourth-order valence-corrected chi connectivity index (χ4v) is 3.34. The molecule has 1 fully saturated rings. The maximum absolute atomic E-state index is 9.34. The zero-order valence-corrected chi connectivity index (χ0v) is 18.6. The molecule has 7 nitrogen and oxygen atoms in total. The molecule has 1 atom stereocenters. The zero-order valence-electron chi connectivity index (χ0n) is 16.3. The summed E-state index contributed by atoms with van der Waals surface area (Å²) in [4.78, 5) is 4.29. The van der Waals surface area contributed by atoms with Crippen LogP contribution in [0.2, 0.25) is 0 Å². The molecule has 1 saturated heterocycles. The van der Waals surface area contributed by atoms with Crippen LogP contribution in [0.1, 0.15) is 24.0 Å². The summed E-state index contributed by atoms with van der Waals surface area (Å²) in [6.07, 6.45) is 5.62. The van der Waals surface area contributed by atoms with Crippen molar-refractivity contribution in [1.29, 1.82) is 0 Å². The number of nitrogens with one attached hydrogen (secondary N) is 2. The first kappa shape index (κ1) is 22.6. The number of ether oxygens (including phenoxy) is 1. The first-order chi connectivity index (χ1) is 13.2. The Morgan fingerprint density at radius 3 is 2.79 bits per heavy atom. The highest BCUT2D eigenvalue weighted by atomic mass is 127. The molecule has 0 radical (unpaired) electrons. The summed E-state index contributed by atoms with van der Waals surface area (Å²) < 4.78 is 7.48. The van der Waals surface area contributed by atoms with E-state index in [9.17, 15) is 5.11 Å². The van der Waals surface area contributed by atoms with Gasteiger partial charge in [0.1, 0.15) is 0 Å². The molecule has 0 aliphatic carbocycles. The smallest absolute Gasteiger partial charge is 0.191 e. The summed E-state index contributed by atoms with van der Waals surface area (Å²) in [7, 11) is 1.76. The van der Waals surface area contributed by atoms with Crippen molar-refractivity contribution >= 4 is 29.9 Å². The summed E-state index contributed by atoms with van der Waals surface area (Å²) in [5, 5.41) is 20.5. The monoisotopic (exact) mass is 499 g/mol. The van der Waals surface area contributed by atoms with Crippen LogP contribution in [0.3, 0.4) is 0 Å². The number of guanidine groups is 1. The molecule has 28 heavy (non-hydrogen) atoms. The van der Waals surface area contributed by atoms with Crippen molar-refractivity contribution in [3.8, 4) is 0 Å². The third-order valence-corrected chi connectivity index (χ3v) is 5.02. The number of hydrogen-bond donors (Lipinski definition) is 3. The molecule has 1 aromatic carbocycles. The summed E-state index contributed by atoms with van der Waals surface area (Å²) in [5.41, 5.74) is 2.32. The molecule has 0 amide bonds. The standard InChI is InChI=1S/C20H29N5O2.HI/c1-21-19(23-15-20(7-9-26)8-10-27-16-20)22-11-18-12-24-25(14-18)13-17-5-3-2-4-6-17;/h2-6,12,14,26H,7-11,13,15-16H2,1H3,(H2,21,22,23);1H. The lowest BCUT2D eigenvalue weighted by atomic mass is 9.84. The SMILES string of the molecule is CN=C(NCc1cnn(Cc2ccccc2)c1)NCC1(CCO)CCOC1.I. The number of halogens is 1. The highest BCUT2D eigenvalue weighted by Crippen LogP contribution is 2.31. The van der Waals surface area contributed by atoms with Gasteiger partial charge >= 0.3 is 0 Å². The molecule has 0 spiro atoms. The summed E-state index contributed by atoms with van der Waals surface area (Å²) in [6.45, 7) is 3.77. The molecular weight excluding hydrogens is 469 g/mol. The lowest BCUT2D eigenvalue weighted by Crippen LogP contribution is -2.44. The van der Waals surface area contributed by atoms with Crippen LogP contribution in [-0.2, 0) is 17.8 Å². The second-order valence-corrected chi connectivity index (χ2v) is 7.09. The van der Waals surface area contributed by atoms with Gasteiger partial charge in [-0.05, 0) is 18.4 Å². The van der Waals surface area contributed by atoms with Crippen LogP contribution in [0, 0.1) is 5.41 Å². The molecule has 3 rings (SSSR count). The Kier molecular flexibility index (Phi) is 9.20. The van der Waals surface area contributed by atoms with E-state index in [0.717, 1.165) is 44.1 Å². The minimum Gasteiger partial charge on any atom is -0.396 e. The highest BCUT2D eigenvalue weighted by molar-refractivity contribution is 14.0. The van der Waals surface area contributed by atoms with Crippen LogP contribution >= 0.6 is 24.0 Å². The van der Waals surface area contributed by atoms with Gasteiger partial charge in [0.15, 0.2) is 5.96 Å². The van der Waals surface area contributed by atoms with Gasteiger partial charge in [0.25, 0.3) is 0 Å². The van der Waals surface area contributed by atoms with Crippen LogP contribution in [0.15, 0.2) is 47.7 Å². The van der Waals surface area contributed by atoms with E-state index in [2.05, 4.69) is 32.9 Å². The normalized spacial score (nSPS) is 19.3. The molecule has 0 bridgehead atoms. The van der Waals surface area contributed by atoms with Crippen molar-refractivity contribution in [2.24, 2.45) is 10.4 Å². The third-order valence-electron chi connectivity index (χ3n) is 5.02. The van der Waals surface area contributed by atoms with Crippen molar-refractivity contribution in [2.45, 2.75) is 25.9 Å². The molecule has 154 valence electrons. The fourth-order valence-electron chi connectivity index (χ4n) is 3.34. The van der Waals surface area contributed by atoms with E-state index in [1.54, 1.807) is 7.05 Å². The van der Waals surface area contributed by atoms with Crippen LogP contribution in [0.25, 0.3) is 0 Å². The van der Waals surface area contributed by atoms with Gasteiger partial charge in [-0.3, -0.25) is 9.67 Å².